The maximum absolute atomic E-state index is 14.7. The maximum atomic E-state index is 14.7. The molecule has 1 amide bonds. The van der Waals surface area contributed by atoms with E-state index in [9.17, 15) is 35.5 Å². The second-order valence-electron chi connectivity index (χ2n) is 9.01. The van der Waals surface area contributed by atoms with Crippen LogP contribution in [0.1, 0.15) is 43.1 Å². The lowest BCUT2D eigenvalue weighted by atomic mass is 9.95. The monoisotopic (exact) mass is 539 g/mol. The number of pyridine rings is 1. The maximum Gasteiger partial charge on any atom is 0.573 e. The zero-order chi connectivity index (χ0) is 27.9. The summed E-state index contributed by atoms with van der Waals surface area (Å²) in [6.45, 7) is 3.17. The van der Waals surface area contributed by atoms with Gasteiger partial charge in [-0.15, -0.1) is 13.2 Å². The van der Waals surface area contributed by atoms with E-state index in [0.29, 0.717) is 5.56 Å². The van der Waals surface area contributed by atoms with Gasteiger partial charge in [-0.2, -0.15) is 13.2 Å². The molecule has 1 fully saturated rings. The fraction of sp³-hybridized carbons (Fsp3) is 0.269. The second-order valence-corrected chi connectivity index (χ2v) is 9.01. The highest BCUT2D eigenvalue weighted by Gasteiger charge is 2.41. The minimum atomic E-state index is -4.90. The molecule has 0 spiro atoms. The van der Waals surface area contributed by atoms with Crippen LogP contribution in [0.4, 0.5) is 36.4 Å². The van der Waals surface area contributed by atoms with Gasteiger partial charge in [0.2, 0.25) is 0 Å². The minimum Gasteiger partial charge on any atom is -0.406 e. The highest BCUT2D eigenvalue weighted by Crippen LogP contribution is 2.39. The van der Waals surface area contributed by atoms with Gasteiger partial charge in [-0.3, -0.25) is 19.7 Å². The lowest BCUT2D eigenvalue weighted by Gasteiger charge is -2.25. The third-order valence-corrected chi connectivity index (χ3v) is 5.95. The molecule has 0 saturated carbocycles. The third-order valence-electron chi connectivity index (χ3n) is 5.95. The summed E-state index contributed by atoms with van der Waals surface area (Å²) in [5.74, 6) is -1.73. The molecule has 1 aliphatic heterocycles. The summed E-state index contributed by atoms with van der Waals surface area (Å²) in [5.41, 5.74) is -1.60. The van der Waals surface area contributed by atoms with Crippen LogP contribution < -0.4 is 9.64 Å². The minimum absolute atomic E-state index is 0.0127. The normalized spacial score (nSPS) is 17.8. The van der Waals surface area contributed by atoms with Crippen LogP contribution in [0.25, 0.3) is 0 Å². The molecule has 2 heterocycles. The topological polar surface area (TPSA) is 54.8 Å². The summed E-state index contributed by atoms with van der Waals surface area (Å²) in [7, 11) is 0. The number of hydrogen-bond donors (Lipinski definition) is 0. The molecule has 1 saturated heterocycles. The summed E-state index contributed by atoms with van der Waals surface area (Å²) < 4.78 is 95.0. The van der Waals surface area contributed by atoms with Crippen molar-refractivity contribution in [3.05, 3.63) is 89.5 Å². The Balaban J connectivity index is 1.71. The molecule has 3 aromatic rings. The number of carbonyl (C=O) groups excluding carboxylic acids is 1. The number of aliphatic imine (C=N–C) groups is 1. The number of ether oxygens (including phenoxy) is 1. The molecule has 1 unspecified atom stereocenters. The molecule has 5 nitrogen and oxygen atoms in total. The van der Waals surface area contributed by atoms with Crippen LogP contribution in [-0.4, -0.2) is 23.0 Å². The molecule has 0 N–H and O–H groups in total. The molecular formula is C26H20F7N3O2. The molecule has 1 aromatic heterocycles. The first-order chi connectivity index (χ1) is 17.7. The summed E-state index contributed by atoms with van der Waals surface area (Å²) >= 11 is 0. The van der Waals surface area contributed by atoms with Crippen LogP contribution in [0.3, 0.4) is 0 Å². The number of hydrogen-bond acceptors (Lipinski definition) is 4. The Labute approximate surface area is 212 Å². The predicted molar refractivity (Wildman–Crippen MR) is 124 cm³/mol. The standard InChI is InChI=1S/C26H20F7N3O2/c1-24(2,15-7-12-22(34-14-15)25(28,29)30)35-20-13-21(18-5-3-4-6-19(18)27)36(23(20)37)16-8-10-17(11-9-16)38-26(31,32)33/h3-12,14,21H,13H2,1-2H3. The van der Waals surface area contributed by atoms with E-state index in [2.05, 4.69) is 14.7 Å². The number of rotatable bonds is 5. The van der Waals surface area contributed by atoms with E-state index in [1.54, 1.807) is 19.9 Å². The number of carbonyl (C=O) groups is 1. The van der Waals surface area contributed by atoms with Crippen molar-refractivity contribution in [2.75, 3.05) is 4.90 Å². The van der Waals surface area contributed by atoms with Gasteiger partial charge in [-0.1, -0.05) is 24.3 Å². The SMILES string of the molecule is CC(C)(N=C1CC(c2ccccc2F)N(c2ccc(OC(F)(F)F)cc2)C1=O)c1ccc(C(F)(F)F)nc1. The number of amides is 1. The number of nitrogens with zero attached hydrogens (tertiary/aromatic N) is 3. The first kappa shape index (κ1) is 27.1. The van der Waals surface area contributed by atoms with Crippen LogP contribution in [0, 0.1) is 5.82 Å². The molecule has 38 heavy (non-hydrogen) atoms. The van der Waals surface area contributed by atoms with Crippen molar-refractivity contribution >= 4 is 17.3 Å². The smallest absolute Gasteiger partial charge is 0.406 e. The lowest BCUT2D eigenvalue weighted by Crippen LogP contribution is -2.30. The Kier molecular flexibility index (Phi) is 6.94. The van der Waals surface area contributed by atoms with Crippen molar-refractivity contribution in [2.24, 2.45) is 4.99 Å². The molecule has 1 atom stereocenters. The van der Waals surface area contributed by atoms with Crippen LogP contribution in [0.15, 0.2) is 71.9 Å². The van der Waals surface area contributed by atoms with Crippen molar-refractivity contribution in [3.63, 3.8) is 0 Å². The van der Waals surface area contributed by atoms with Crippen molar-refractivity contribution in [3.8, 4) is 5.75 Å². The summed E-state index contributed by atoms with van der Waals surface area (Å²) in [6, 6.07) is 11.4. The van der Waals surface area contributed by atoms with Crippen LogP contribution in [-0.2, 0) is 16.5 Å². The van der Waals surface area contributed by atoms with E-state index in [-0.39, 0.29) is 23.4 Å². The van der Waals surface area contributed by atoms with E-state index in [4.69, 9.17) is 0 Å². The lowest BCUT2D eigenvalue weighted by molar-refractivity contribution is -0.274. The molecule has 200 valence electrons. The highest BCUT2D eigenvalue weighted by molar-refractivity contribution is 6.46. The average molecular weight is 539 g/mol. The van der Waals surface area contributed by atoms with Crippen LogP contribution in [0.5, 0.6) is 5.75 Å². The van der Waals surface area contributed by atoms with Gasteiger partial charge in [0.05, 0.1) is 11.6 Å². The molecule has 0 bridgehead atoms. The van der Waals surface area contributed by atoms with Crippen molar-refractivity contribution < 1.29 is 40.3 Å². The second kappa shape index (κ2) is 9.73. The van der Waals surface area contributed by atoms with Gasteiger partial charge in [-0.05, 0) is 55.8 Å². The number of halogens is 7. The molecule has 1 aliphatic rings. The molecule has 4 rings (SSSR count). The number of alkyl halides is 6. The first-order valence-corrected chi connectivity index (χ1v) is 11.2. The summed E-state index contributed by atoms with van der Waals surface area (Å²) in [5, 5.41) is 0. The van der Waals surface area contributed by atoms with Crippen molar-refractivity contribution in [1.29, 1.82) is 0 Å². The van der Waals surface area contributed by atoms with E-state index >= 15 is 0 Å². The van der Waals surface area contributed by atoms with Gasteiger partial charge in [0.25, 0.3) is 5.91 Å². The highest BCUT2D eigenvalue weighted by atomic mass is 19.4. The summed E-state index contributed by atoms with van der Waals surface area (Å²) in [6.07, 6.45) is -8.56. The Bertz CT molecular complexity index is 1350. The molecule has 2 aromatic carbocycles. The van der Waals surface area contributed by atoms with Crippen LogP contribution in [0.2, 0.25) is 0 Å². The van der Waals surface area contributed by atoms with E-state index < -0.39 is 47.3 Å². The average Bonchev–Trinajstić information content (AvgIpc) is 3.13. The first-order valence-electron chi connectivity index (χ1n) is 11.2. The van der Waals surface area contributed by atoms with E-state index in [1.165, 1.54) is 41.3 Å². The summed E-state index contributed by atoms with van der Waals surface area (Å²) in [4.78, 5) is 22.7. The van der Waals surface area contributed by atoms with E-state index in [0.717, 1.165) is 24.4 Å². The van der Waals surface area contributed by atoms with Gasteiger partial charge in [0, 0.05) is 23.9 Å². The molecular weight excluding hydrogens is 519 g/mol. The fourth-order valence-electron chi connectivity index (χ4n) is 4.16. The van der Waals surface area contributed by atoms with Crippen LogP contribution >= 0.6 is 0 Å². The zero-order valence-corrected chi connectivity index (χ0v) is 19.9. The van der Waals surface area contributed by atoms with Crippen molar-refractivity contribution in [2.45, 2.75) is 44.4 Å². The van der Waals surface area contributed by atoms with Gasteiger partial charge in [-0.25, -0.2) is 4.39 Å². The van der Waals surface area contributed by atoms with Crippen molar-refractivity contribution in [1.82, 2.24) is 4.98 Å². The number of benzene rings is 2. The molecule has 0 aliphatic carbocycles. The fourth-order valence-corrected chi connectivity index (χ4v) is 4.16. The Morgan fingerprint density at radius 2 is 1.61 bits per heavy atom. The zero-order valence-electron chi connectivity index (χ0n) is 19.9. The van der Waals surface area contributed by atoms with E-state index in [1.807, 2.05) is 0 Å². The largest absolute Gasteiger partial charge is 0.573 e. The Morgan fingerprint density at radius 1 is 0.947 bits per heavy atom. The molecule has 12 heteroatoms. The Hall–Kier alpha value is -3.96. The van der Waals surface area contributed by atoms with Gasteiger partial charge in [0.1, 0.15) is 23.0 Å². The third kappa shape index (κ3) is 5.79. The van der Waals surface area contributed by atoms with Gasteiger partial charge in [0.15, 0.2) is 0 Å². The number of anilines is 1. The number of aromatic nitrogens is 1. The Morgan fingerprint density at radius 3 is 2.16 bits per heavy atom. The van der Waals surface area contributed by atoms with Gasteiger partial charge >= 0.3 is 12.5 Å². The molecule has 0 radical (unpaired) electrons. The predicted octanol–water partition coefficient (Wildman–Crippen LogP) is 6.99. The van der Waals surface area contributed by atoms with Gasteiger partial charge < -0.3 is 4.74 Å². The quantitative estimate of drug-likeness (QED) is 0.329.